The van der Waals surface area contributed by atoms with E-state index in [1.54, 1.807) is 0 Å². The highest BCUT2D eigenvalue weighted by molar-refractivity contribution is 6.13. The van der Waals surface area contributed by atoms with Crippen LogP contribution in [0, 0.1) is 29.2 Å². The van der Waals surface area contributed by atoms with Gasteiger partial charge < -0.3 is 9.13 Å². The number of fused-ring (bicyclic) bond motifs is 6. The van der Waals surface area contributed by atoms with Crippen molar-refractivity contribution in [2.45, 2.75) is 0 Å². The average molecular weight is 1250 g/mol. The molecule has 17 rings (SSSR count). The SMILES string of the molecule is [C-]#[N+]c1ccc(-c2cc(-c3nc(-c4ccc(-c5ccc(C#N)cc5)cc4)nc(-c4cc(-c5ccc(C#N)cc5)cc(-n5c6ccc(-c7ccccc7)cc6c6cc(-c7ccccc7)ccc65)c4)n3)cc(-n3c4ccc(-c5ccccc5)cc4c4cc(-c5ccccc5)ccc43)c2)cc1. The van der Waals surface area contributed by atoms with Crippen molar-refractivity contribution in [1.29, 1.82) is 10.5 Å². The predicted molar refractivity (Wildman–Crippen MR) is 399 cm³/mol. The molecule has 3 heterocycles. The number of hydrogen-bond donors (Lipinski definition) is 0. The third kappa shape index (κ3) is 10.8. The zero-order valence-corrected chi connectivity index (χ0v) is 52.8. The van der Waals surface area contributed by atoms with Crippen molar-refractivity contribution in [2.75, 3.05) is 0 Å². The number of nitrogens with zero attached hydrogens (tertiary/aromatic N) is 8. The Labute approximate surface area is 566 Å². The van der Waals surface area contributed by atoms with E-state index in [0.717, 1.165) is 150 Å². The van der Waals surface area contributed by atoms with Crippen LogP contribution in [0.1, 0.15) is 11.1 Å². The van der Waals surface area contributed by atoms with Crippen LogP contribution in [0.3, 0.4) is 0 Å². The fourth-order valence-corrected chi connectivity index (χ4v) is 13.7. The van der Waals surface area contributed by atoms with Crippen LogP contribution in [0.15, 0.2) is 328 Å². The van der Waals surface area contributed by atoms with E-state index in [1.807, 2.05) is 97.1 Å². The van der Waals surface area contributed by atoms with Gasteiger partial charge in [0.15, 0.2) is 23.2 Å². The standard InChI is InChI=1S/C90H54N8/c1-93-77-40-34-67(35-41-77)74-47-76(51-79(49-74)98-86-44-38-71(62-18-10-4-11-19-62)54-82(86)83-55-72(39-45-87(83)98)63-20-12-5-13-21-63)90-95-88(68-32-30-65(31-33-68)64-26-22-58(56-91)23-27-64)94-89(96-90)75-46-73(66-28-24-59(57-92)25-29-66)48-78(50-75)97-84-42-36-69(60-14-6-2-7-15-60)52-80(84)81-53-70(37-43-85(81)97)61-16-8-3-9-17-61/h2-55H. The lowest BCUT2D eigenvalue weighted by atomic mass is 9.99. The molecule has 0 aliphatic carbocycles. The molecule has 0 aliphatic heterocycles. The average Bonchev–Trinajstić information content (AvgIpc) is 1.57. The maximum absolute atomic E-state index is 10.0. The molecule has 98 heavy (non-hydrogen) atoms. The van der Waals surface area contributed by atoms with E-state index in [0.29, 0.717) is 34.3 Å². The number of benzene rings is 14. The second-order valence-electron chi connectivity index (χ2n) is 24.5. The van der Waals surface area contributed by atoms with Gasteiger partial charge in [-0.1, -0.05) is 218 Å². The normalized spacial score (nSPS) is 11.2. The van der Waals surface area contributed by atoms with Crippen LogP contribution in [0.5, 0.6) is 0 Å². The minimum Gasteiger partial charge on any atom is -0.309 e. The van der Waals surface area contributed by atoms with Gasteiger partial charge in [-0.15, -0.1) is 0 Å². The first-order chi connectivity index (χ1) is 48.4. The molecule has 0 unspecified atom stereocenters. The lowest BCUT2D eigenvalue weighted by molar-refractivity contribution is 1.07. The minimum absolute atomic E-state index is 0.448. The zero-order chi connectivity index (χ0) is 65.6. The maximum Gasteiger partial charge on any atom is 0.187 e. The molecular formula is C90H54N8. The third-order valence-electron chi connectivity index (χ3n) is 18.6. The molecule has 0 fully saturated rings. The van der Waals surface area contributed by atoms with Gasteiger partial charge in [-0.25, -0.2) is 19.8 Å². The second kappa shape index (κ2) is 24.6. The lowest BCUT2D eigenvalue weighted by Crippen LogP contribution is -2.03. The molecule has 17 aromatic rings. The summed E-state index contributed by atoms with van der Waals surface area (Å²) in [6, 6.07) is 118. The molecule has 454 valence electrons. The van der Waals surface area contributed by atoms with Gasteiger partial charge in [0, 0.05) is 49.6 Å². The molecule has 0 amide bonds. The van der Waals surface area contributed by atoms with Crippen molar-refractivity contribution in [1.82, 2.24) is 24.1 Å². The number of aromatic nitrogens is 5. The summed E-state index contributed by atoms with van der Waals surface area (Å²) >= 11 is 0. The molecule has 8 heteroatoms. The van der Waals surface area contributed by atoms with Crippen LogP contribution in [-0.2, 0) is 0 Å². The molecule has 14 aromatic carbocycles. The quantitative estimate of drug-likeness (QED) is 0.113. The Kier molecular flexibility index (Phi) is 14.5. The van der Waals surface area contributed by atoms with E-state index in [9.17, 15) is 10.5 Å². The van der Waals surface area contributed by atoms with E-state index < -0.39 is 0 Å². The van der Waals surface area contributed by atoms with Crippen molar-refractivity contribution >= 4 is 49.3 Å². The molecule has 0 spiro atoms. The Morgan fingerprint density at radius 1 is 0.245 bits per heavy atom. The van der Waals surface area contributed by atoms with Crippen molar-refractivity contribution in [3.8, 4) is 136 Å². The molecule has 0 N–H and O–H groups in total. The largest absolute Gasteiger partial charge is 0.309 e. The predicted octanol–water partition coefficient (Wildman–Crippen LogP) is 23.0. The highest BCUT2D eigenvalue weighted by atomic mass is 15.0. The summed E-state index contributed by atoms with van der Waals surface area (Å²) in [6.07, 6.45) is 0. The van der Waals surface area contributed by atoms with E-state index >= 15 is 0 Å². The van der Waals surface area contributed by atoms with E-state index in [-0.39, 0.29) is 0 Å². The Bertz CT molecular complexity index is 5560. The van der Waals surface area contributed by atoms with Crippen LogP contribution in [0.25, 0.3) is 172 Å². The van der Waals surface area contributed by atoms with Gasteiger partial charge in [0.2, 0.25) is 0 Å². The van der Waals surface area contributed by atoms with Gasteiger partial charge in [-0.3, -0.25) is 0 Å². The van der Waals surface area contributed by atoms with E-state index in [1.165, 1.54) is 0 Å². The number of rotatable bonds is 12. The molecule has 3 aromatic heterocycles. The van der Waals surface area contributed by atoms with E-state index in [4.69, 9.17) is 21.5 Å². The fraction of sp³-hybridized carbons (Fsp3) is 0. The summed E-state index contributed by atoms with van der Waals surface area (Å²) in [4.78, 5) is 20.4. The van der Waals surface area contributed by atoms with Crippen molar-refractivity contribution in [2.24, 2.45) is 0 Å². The monoisotopic (exact) mass is 1250 g/mol. The second-order valence-corrected chi connectivity index (χ2v) is 24.5. The Hall–Kier alpha value is -13.8. The van der Waals surface area contributed by atoms with Crippen LogP contribution in [0.2, 0.25) is 0 Å². The van der Waals surface area contributed by atoms with Gasteiger partial charge in [0.25, 0.3) is 0 Å². The smallest absolute Gasteiger partial charge is 0.187 e. The first-order valence-corrected chi connectivity index (χ1v) is 32.4. The molecule has 0 aliphatic rings. The van der Waals surface area contributed by atoms with Crippen molar-refractivity contribution in [3.63, 3.8) is 0 Å². The maximum atomic E-state index is 10.0. The van der Waals surface area contributed by atoms with Crippen molar-refractivity contribution < 1.29 is 0 Å². The topological polar surface area (TPSA) is 100 Å². The highest BCUT2D eigenvalue weighted by Crippen LogP contribution is 2.43. The Morgan fingerprint density at radius 2 is 0.500 bits per heavy atom. The molecule has 0 saturated heterocycles. The van der Waals surface area contributed by atoms with E-state index in [2.05, 4.69) is 257 Å². The van der Waals surface area contributed by atoms with Gasteiger partial charge in [0.05, 0.1) is 51.9 Å². The molecule has 0 saturated carbocycles. The number of nitriles is 2. The first-order valence-electron chi connectivity index (χ1n) is 32.4. The summed E-state index contributed by atoms with van der Waals surface area (Å²) in [6.45, 7) is 7.89. The van der Waals surface area contributed by atoms with Crippen molar-refractivity contribution in [3.05, 3.63) is 350 Å². The van der Waals surface area contributed by atoms with Crippen LogP contribution in [-0.4, -0.2) is 24.1 Å². The molecular weight excluding hydrogens is 1190 g/mol. The van der Waals surface area contributed by atoms with Crippen LogP contribution >= 0.6 is 0 Å². The molecule has 0 atom stereocenters. The van der Waals surface area contributed by atoms with Crippen LogP contribution in [0.4, 0.5) is 5.69 Å². The summed E-state index contributed by atoms with van der Waals surface area (Å²) in [5.74, 6) is 1.36. The summed E-state index contributed by atoms with van der Waals surface area (Å²) in [7, 11) is 0. The summed E-state index contributed by atoms with van der Waals surface area (Å²) in [5, 5.41) is 24.1. The van der Waals surface area contributed by atoms with Crippen LogP contribution < -0.4 is 0 Å². The zero-order valence-electron chi connectivity index (χ0n) is 52.8. The molecule has 0 bridgehead atoms. The first kappa shape index (κ1) is 58.0. The summed E-state index contributed by atoms with van der Waals surface area (Å²) < 4.78 is 4.70. The lowest BCUT2D eigenvalue weighted by Gasteiger charge is -2.16. The van der Waals surface area contributed by atoms with Gasteiger partial charge >= 0.3 is 0 Å². The number of hydrogen-bond acceptors (Lipinski definition) is 5. The fourth-order valence-electron chi connectivity index (χ4n) is 13.7. The van der Waals surface area contributed by atoms with Gasteiger partial charge in [-0.05, 0) is 187 Å². The highest BCUT2D eigenvalue weighted by Gasteiger charge is 2.23. The van der Waals surface area contributed by atoms with Gasteiger partial charge in [-0.2, -0.15) is 10.5 Å². The van der Waals surface area contributed by atoms with Gasteiger partial charge in [0.1, 0.15) is 0 Å². The summed E-state index contributed by atoms with van der Waals surface area (Å²) in [5.41, 5.74) is 24.4. The molecule has 8 nitrogen and oxygen atoms in total. The minimum atomic E-state index is 0.448. The third-order valence-corrected chi connectivity index (χ3v) is 18.6. The Balaban J connectivity index is 0.913. The Morgan fingerprint density at radius 3 is 0.816 bits per heavy atom. The molecule has 0 radical (unpaired) electrons.